The van der Waals surface area contributed by atoms with Crippen LogP contribution in [0.3, 0.4) is 0 Å². The fourth-order valence-corrected chi connectivity index (χ4v) is 2.55. The molecule has 0 unspecified atom stereocenters. The summed E-state index contributed by atoms with van der Waals surface area (Å²) in [7, 11) is 1.58. The Hall–Kier alpha value is -2.34. The Balaban J connectivity index is 2.42. The highest BCUT2D eigenvalue weighted by Gasteiger charge is 2.22. The molecule has 0 amide bonds. The lowest BCUT2D eigenvalue weighted by Crippen LogP contribution is -2.19. The first-order valence-corrected chi connectivity index (χ1v) is 6.75. The molecule has 2 aromatic heterocycles. The minimum atomic E-state index is -0.445. The second-order valence-electron chi connectivity index (χ2n) is 4.59. The van der Waals surface area contributed by atoms with Gasteiger partial charge in [-0.25, -0.2) is 0 Å². The van der Waals surface area contributed by atoms with Gasteiger partial charge in [0.1, 0.15) is 11.3 Å². The monoisotopic (exact) mass is 305 g/mol. The van der Waals surface area contributed by atoms with Gasteiger partial charge in [-0.05, 0) is 12.1 Å². The topological polar surface area (TPSA) is 81.2 Å². The number of aryl methyl sites for hydroxylation is 2. The van der Waals surface area contributed by atoms with Crippen molar-refractivity contribution in [3.8, 4) is 17.2 Å². The lowest BCUT2D eigenvalue weighted by molar-refractivity contribution is 0.417. The molecule has 3 aromatic rings. The minimum Gasteiger partial charge on any atom is -0.506 e. The Labute approximate surface area is 124 Å². The van der Waals surface area contributed by atoms with Gasteiger partial charge >= 0.3 is 0 Å². The van der Waals surface area contributed by atoms with Crippen LogP contribution in [0.25, 0.3) is 22.4 Å². The maximum Gasteiger partial charge on any atom is 0.267 e. The zero-order chi connectivity index (χ0) is 15.1. The molecular weight excluding hydrogens is 294 g/mol. The average Bonchev–Trinajstić information content (AvgIpc) is 2.93. The van der Waals surface area contributed by atoms with Gasteiger partial charge < -0.3 is 14.2 Å². The maximum absolute atomic E-state index is 12.5. The molecule has 2 heterocycles. The Morgan fingerprint density at radius 3 is 2.86 bits per heavy atom. The van der Waals surface area contributed by atoms with Gasteiger partial charge in [0, 0.05) is 18.9 Å². The number of nitrogens with zero attached hydrogens (tertiary/aromatic N) is 3. The van der Waals surface area contributed by atoms with Gasteiger partial charge in [0.2, 0.25) is 0 Å². The van der Waals surface area contributed by atoms with Crippen LogP contribution in [0.15, 0.2) is 27.5 Å². The zero-order valence-electron chi connectivity index (χ0n) is 11.4. The highest BCUT2D eigenvalue weighted by molar-refractivity contribution is 6.35. The third-order valence-electron chi connectivity index (χ3n) is 3.33. The number of hydrogen-bond acceptors (Lipinski definition) is 5. The molecule has 0 radical (unpaired) electrons. The predicted molar refractivity (Wildman–Crippen MR) is 78.5 cm³/mol. The summed E-state index contributed by atoms with van der Waals surface area (Å²) in [5.41, 5.74) is -0.000448. The number of halogens is 1. The van der Waals surface area contributed by atoms with E-state index in [0.717, 1.165) is 0 Å². The molecule has 0 atom stereocenters. The normalized spacial score (nSPS) is 11.2. The smallest absolute Gasteiger partial charge is 0.267 e. The summed E-state index contributed by atoms with van der Waals surface area (Å²) >= 11 is 6.11. The molecule has 0 saturated carbocycles. The molecule has 1 aromatic carbocycles. The maximum atomic E-state index is 12.5. The van der Waals surface area contributed by atoms with E-state index in [1.54, 1.807) is 25.2 Å². The van der Waals surface area contributed by atoms with E-state index in [1.807, 2.05) is 6.92 Å². The van der Waals surface area contributed by atoms with Crippen molar-refractivity contribution in [1.82, 2.24) is 14.7 Å². The van der Waals surface area contributed by atoms with E-state index in [-0.39, 0.29) is 17.2 Å². The van der Waals surface area contributed by atoms with Gasteiger partial charge in [0.15, 0.2) is 5.82 Å². The molecule has 0 aliphatic heterocycles. The standard InChI is InChI=1S/C14H12ClN3O3/c1-3-9-16-13(21-17-9)10-12(19)7-5-4-6-8(15)11(7)18(2)14(10)20/h4-6,19H,3H2,1-2H3. The van der Waals surface area contributed by atoms with E-state index >= 15 is 0 Å². The van der Waals surface area contributed by atoms with Crippen molar-refractivity contribution in [3.63, 3.8) is 0 Å². The third kappa shape index (κ3) is 1.99. The molecular formula is C14H12ClN3O3. The first-order valence-electron chi connectivity index (χ1n) is 6.37. The van der Waals surface area contributed by atoms with Gasteiger partial charge in [-0.1, -0.05) is 29.7 Å². The summed E-state index contributed by atoms with van der Waals surface area (Å²) in [5, 5.41) is 15.0. The van der Waals surface area contributed by atoms with E-state index in [4.69, 9.17) is 16.1 Å². The van der Waals surface area contributed by atoms with Gasteiger partial charge in [0.05, 0.1) is 10.5 Å². The molecule has 0 spiro atoms. The summed E-state index contributed by atoms with van der Waals surface area (Å²) < 4.78 is 6.43. The van der Waals surface area contributed by atoms with E-state index in [9.17, 15) is 9.90 Å². The minimum absolute atomic E-state index is 0.00632. The molecule has 0 bridgehead atoms. The Bertz CT molecular complexity index is 898. The first kappa shape index (κ1) is 13.6. The quantitative estimate of drug-likeness (QED) is 0.786. The molecule has 0 saturated heterocycles. The van der Waals surface area contributed by atoms with E-state index < -0.39 is 5.56 Å². The van der Waals surface area contributed by atoms with Gasteiger partial charge in [-0.2, -0.15) is 4.98 Å². The van der Waals surface area contributed by atoms with Crippen LogP contribution in [0.2, 0.25) is 5.02 Å². The van der Waals surface area contributed by atoms with Crippen molar-refractivity contribution in [2.45, 2.75) is 13.3 Å². The Morgan fingerprint density at radius 2 is 2.19 bits per heavy atom. The molecule has 7 heteroatoms. The summed E-state index contributed by atoms with van der Waals surface area (Å²) in [4.78, 5) is 16.6. The lowest BCUT2D eigenvalue weighted by Gasteiger charge is -2.10. The molecule has 0 aliphatic rings. The molecule has 0 aliphatic carbocycles. The van der Waals surface area contributed by atoms with Crippen LogP contribution >= 0.6 is 11.6 Å². The number of hydrogen-bond donors (Lipinski definition) is 1. The summed E-state index contributed by atoms with van der Waals surface area (Å²) in [6.07, 6.45) is 0.573. The van der Waals surface area contributed by atoms with Gasteiger partial charge in [0.25, 0.3) is 11.4 Å². The van der Waals surface area contributed by atoms with E-state index in [1.165, 1.54) is 4.57 Å². The highest BCUT2D eigenvalue weighted by atomic mass is 35.5. The van der Waals surface area contributed by atoms with Crippen molar-refractivity contribution in [3.05, 3.63) is 39.4 Å². The van der Waals surface area contributed by atoms with Crippen molar-refractivity contribution < 1.29 is 9.63 Å². The van der Waals surface area contributed by atoms with Crippen LogP contribution in [-0.2, 0) is 13.5 Å². The van der Waals surface area contributed by atoms with Gasteiger partial charge in [-0.3, -0.25) is 4.79 Å². The number of pyridine rings is 1. The number of aromatic hydroxyl groups is 1. The van der Waals surface area contributed by atoms with Crippen molar-refractivity contribution >= 4 is 22.5 Å². The number of benzene rings is 1. The predicted octanol–water partition coefficient (Wildman–Crippen LogP) is 2.51. The molecule has 21 heavy (non-hydrogen) atoms. The zero-order valence-corrected chi connectivity index (χ0v) is 12.2. The van der Waals surface area contributed by atoms with E-state index in [0.29, 0.717) is 28.2 Å². The molecule has 3 rings (SSSR count). The van der Waals surface area contributed by atoms with Crippen molar-refractivity contribution in [2.24, 2.45) is 7.05 Å². The average molecular weight is 306 g/mol. The molecule has 0 fully saturated rings. The molecule has 1 N–H and O–H groups in total. The fraction of sp³-hybridized carbons (Fsp3) is 0.214. The second-order valence-corrected chi connectivity index (χ2v) is 5.00. The number of aromatic nitrogens is 3. The molecule has 6 nitrogen and oxygen atoms in total. The van der Waals surface area contributed by atoms with Crippen molar-refractivity contribution in [1.29, 1.82) is 0 Å². The van der Waals surface area contributed by atoms with Crippen molar-refractivity contribution in [2.75, 3.05) is 0 Å². The fourth-order valence-electron chi connectivity index (χ4n) is 2.24. The van der Waals surface area contributed by atoms with Gasteiger partial charge in [-0.15, -0.1) is 0 Å². The van der Waals surface area contributed by atoms with Crippen LogP contribution in [-0.4, -0.2) is 19.8 Å². The lowest BCUT2D eigenvalue weighted by atomic mass is 10.1. The number of fused-ring (bicyclic) bond motifs is 1. The summed E-state index contributed by atoms with van der Waals surface area (Å²) in [5.74, 6) is 0.270. The Kier molecular flexibility index (Phi) is 3.17. The van der Waals surface area contributed by atoms with Crippen LogP contribution in [0.4, 0.5) is 0 Å². The first-order chi connectivity index (χ1) is 10.0. The van der Waals surface area contributed by atoms with Crippen LogP contribution in [0.5, 0.6) is 5.75 Å². The second kappa shape index (κ2) is 4.89. The summed E-state index contributed by atoms with van der Waals surface area (Å²) in [6.45, 7) is 1.87. The molecule has 108 valence electrons. The Morgan fingerprint density at radius 1 is 1.43 bits per heavy atom. The largest absolute Gasteiger partial charge is 0.506 e. The van der Waals surface area contributed by atoms with Crippen LogP contribution < -0.4 is 5.56 Å². The number of para-hydroxylation sites is 1. The summed E-state index contributed by atoms with van der Waals surface area (Å²) in [6, 6.07) is 5.03. The SMILES string of the molecule is CCc1noc(-c2c(O)c3cccc(Cl)c3n(C)c2=O)n1. The van der Waals surface area contributed by atoms with Crippen LogP contribution in [0, 0.1) is 0 Å². The van der Waals surface area contributed by atoms with Crippen LogP contribution in [0.1, 0.15) is 12.7 Å². The number of rotatable bonds is 2. The third-order valence-corrected chi connectivity index (χ3v) is 3.64. The van der Waals surface area contributed by atoms with E-state index in [2.05, 4.69) is 10.1 Å². The highest BCUT2D eigenvalue weighted by Crippen LogP contribution is 2.34.